The van der Waals surface area contributed by atoms with Crippen molar-refractivity contribution in [1.29, 1.82) is 5.26 Å². The predicted octanol–water partition coefficient (Wildman–Crippen LogP) is 4.02. The van der Waals surface area contributed by atoms with Gasteiger partial charge in [0.1, 0.15) is 24.0 Å². The van der Waals surface area contributed by atoms with Crippen LogP contribution in [-0.4, -0.2) is 23.1 Å². The molecule has 1 N–H and O–H groups in total. The average Bonchev–Trinajstić information content (AvgIpc) is 3.20. The molecule has 0 spiro atoms. The zero-order valence-electron chi connectivity index (χ0n) is 17.2. The van der Waals surface area contributed by atoms with Gasteiger partial charge in [-0.3, -0.25) is 14.9 Å². The highest BCUT2D eigenvalue weighted by atomic mass is 16.6. The van der Waals surface area contributed by atoms with Crippen molar-refractivity contribution in [3.63, 3.8) is 0 Å². The third kappa shape index (κ3) is 5.28. The molecule has 0 saturated carbocycles. The first kappa shape index (κ1) is 22.0. The minimum Gasteiger partial charge on any atom is -0.493 e. The number of aryl methyl sites for hydroxylation is 1. The van der Waals surface area contributed by atoms with Crippen molar-refractivity contribution >= 4 is 23.5 Å². The minimum atomic E-state index is -0.642. The second-order valence-electron chi connectivity index (χ2n) is 6.53. The summed E-state index contributed by atoms with van der Waals surface area (Å²) < 4.78 is 15.9. The van der Waals surface area contributed by atoms with Gasteiger partial charge in [0, 0.05) is 12.1 Å². The molecule has 0 bridgehead atoms. The molecule has 3 rings (SSSR count). The first-order chi connectivity index (χ1) is 15.4. The van der Waals surface area contributed by atoms with Crippen LogP contribution in [0.3, 0.4) is 0 Å². The summed E-state index contributed by atoms with van der Waals surface area (Å²) in [5, 5.41) is 26.7. The Kier molecular flexibility index (Phi) is 6.82. The Morgan fingerprint density at radius 1 is 1.28 bits per heavy atom. The predicted molar refractivity (Wildman–Crippen MR) is 114 cm³/mol. The summed E-state index contributed by atoms with van der Waals surface area (Å²) in [4.78, 5) is 23.0. The van der Waals surface area contributed by atoms with Gasteiger partial charge in [-0.15, -0.1) is 0 Å². The maximum atomic E-state index is 12.3. The Morgan fingerprint density at radius 3 is 2.72 bits per heavy atom. The number of nitrogens with one attached hydrogen (secondary N) is 1. The van der Waals surface area contributed by atoms with Gasteiger partial charge in [-0.25, -0.2) is 0 Å². The lowest BCUT2D eigenvalue weighted by atomic mass is 10.1. The average molecular weight is 434 g/mol. The topological polar surface area (TPSA) is 141 Å². The van der Waals surface area contributed by atoms with E-state index in [1.54, 1.807) is 43.3 Å². The third-order valence-corrected chi connectivity index (χ3v) is 4.30. The maximum absolute atomic E-state index is 12.3. The van der Waals surface area contributed by atoms with Crippen LogP contribution in [0.4, 0.5) is 11.5 Å². The molecule has 0 aliphatic heterocycles. The van der Waals surface area contributed by atoms with E-state index in [2.05, 4.69) is 10.5 Å². The summed E-state index contributed by atoms with van der Waals surface area (Å²) in [6, 6.07) is 14.4. The summed E-state index contributed by atoms with van der Waals surface area (Å²) in [7, 11) is 1.44. The molecule has 162 valence electrons. The van der Waals surface area contributed by atoms with Gasteiger partial charge in [0.05, 0.1) is 17.6 Å². The largest absolute Gasteiger partial charge is 0.493 e. The van der Waals surface area contributed by atoms with Crippen molar-refractivity contribution in [3.05, 3.63) is 81.1 Å². The van der Waals surface area contributed by atoms with Crippen LogP contribution in [-0.2, 0) is 11.4 Å². The summed E-state index contributed by atoms with van der Waals surface area (Å²) in [5.74, 6) is 0.761. The number of rotatable bonds is 8. The van der Waals surface area contributed by atoms with E-state index in [9.17, 15) is 20.2 Å². The Balaban J connectivity index is 1.77. The second kappa shape index (κ2) is 9.90. The molecule has 3 aromatic rings. The molecule has 32 heavy (non-hydrogen) atoms. The molecule has 0 fully saturated rings. The SMILES string of the molecule is COc1cc(C=C(C#N)C(=O)Nc2cc(C)on2)ccc1OCc1ccccc1[N+](=O)[O-]. The molecule has 0 radical (unpaired) electrons. The first-order valence-electron chi connectivity index (χ1n) is 9.31. The maximum Gasteiger partial charge on any atom is 0.276 e. The van der Waals surface area contributed by atoms with Gasteiger partial charge >= 0.3 is 0 Å². The van der Waals surface area contributed by atoms with E-state index in [1.807, 2.05) is 6.07 Å². The fraction of sp³-hybridized carbons (Fsp3) is 0.136. The van der Waals surface area contributed by atoms with Crippen LogP contribution in [0.1, 0.15) is 16.9 Å². The van der Waals surface area contributed by atoms with E-state index in [0.717, 1.165) is 0 Å². The van der Waals surface area contributed by atoms with E-state index >= 15 is 0 Å². The summed E-state index contributed by atoms with van der Waals surface area (Å²) in [6.07, 6.45) is 1.39. The van der Waals surface area contributed by atoms with E-state index in [-0.39, 0.29) is 23.7 Å². The number of nitrogens with zero attached hydrogens (tertiary/aromatic N) is 3. The van der Waals surface area contributed by atoms with Crippen molar-refractivity contribution < 1.29 is 23.7 Å². The Bertz CT molecular complexity index is 1230. The van der Waals surface area contributed by atoms with E-state index < -0.39 is 10.8 Å². The molecular formula is C22H18N4O6. The van der Waals surface area contributed by atoms with Gasteiger partial charge in [-0.05, 0) is 36.8 Å². The molecular weight excluding hydrogens is 416 g/mol. The highest BCUT2D eigenvalue weighted by Crippen LogP contribution is 2.30. The molecule has 1 heterocycles. The standard InChI is InChI=1S/C22H18N4O6/c1-14-9-21(25-32-14)24-22(27)17(12-23)10-15-7-8-19(20(11-15)30-2)31-13-16-5-3-4-6-18(16)26(28)29/h3-11H,13H2,1-2H3,(H,24,25,27). The zero-order valence-corrected chi connectivity index (χ0v) is 17.2. The number of carbonyl (C=O) groups is 1. The number of hydrogen-bond acceptors (Lipinski definition) is 8. The molecule has 0 aliphatic rings. The highest BCUT2D eigenvalue weighted by molar-refractivity contribution is 6.09. The van der Waals surface area contributed by atoms with Crippen LogP contribution < -0.4 is 14.8 Å². The zero-order chi connectivity index (χ0) is 23.1. The number of benzene rings is 2. The van der Waals surface area contributed by atoms with Crippen LogP contribution in [0.5, 0.6) is 11.5 Å². The van der Waals surface area contributed by atoms with Gasteiger partial charge in [-0.2, -0.15) is 5.26 Å². The van der Waals surface area contributed by atoms with Gasteiger partial charge < -0.3 is 19.3 Å². The molecule has 1 amide bonds. The molecule has 1 aromatic heterocycles. The van der Waals surface area contributed by atoms with E-state index in [4.69, 9.17) is 14.0 Å². The lowest BCUT2D eigenvalue weighted by molar-refractivity contribution is -0.385. The van der Waals surface area contributed by atoms with Crippen molar-refractivity contribution in [1.82, 2.24) is 5.16 Å². The fourth-order valence-corrected chi connectivity index (χ4v) is 2.78. The number of para-hydroxylation sites is 1. The van der Waals surface area contributed by atoms with Crippen molar-refractivity contribution in [2.45, 2.75) is 13.5 Å². The smallest absolute Gasteiger partial charge is 0.276 e. The molecule has 0 saturated heterocycles. The van der Waals surface area contributed by atoms with Crippen LogP contribution in [0.15, 0.2) is 58.6 Å². The third-order valence-electron chi connectivity index (χ3n) is 4.30. The molecule has 10 nitrogen and oxygen atoms in total. The normalized spacial score (nSPS) is 10.8. The number of nitriles is 1. The van der Waals surface area contributed by atoms with Crippen molar-refractivity contribution in [2.75, 3.05) is 12.4 Å². The highest BCUT2D eigenvalue weighted by Gasteiger charge is 2.15. The van der Waals surface area contributed by atoms with Crippen LogP contribution in [0.2, 0.25) is 0 Å². The van der Waals surface area contributed by atoms with Gasteiger partial charge in [-0.1, -0.05) is 23.4 Å². The summed E-state index contributed by atoms with van der Waals surface area (Å²) in [6.45, 7) is 1.64. The van der Waals surface area contributed by atoms with Gasteiger partial charge in [0.2, 0.25) is 0 Å². The number of nitro benzene ring substituents is 1. The summed E-state index contributed by atoms with van der Waals surface area (Å²) >= 11 is 0. The molecule has 10 heteroatoms. The van der Waals surface area contributed by atoms with E-state index in [0.29, 0.717) is 28.4 Å². The second-order valence-corrected chi connectivity index (χ2v) is 6.53. The first-order valence-corrected chi connectivity index (χ1v) is 9.31. The number of methoxy groups -OCH3 is 1. The van der Waals surface area contributed by atoms with Gasteiger partial charge in [0.25, 0.3) is 11.6 Å². The van der Waals surface area contributed by atoms with Crippen LogP contribution >= 0.6 is 0 Å². The lowest BCUT2D eigenvalue weighted by Gasteiger charge is -2.12. The number of anilines is 1. The molecule has 0 atom stereocenters. The van der Waals surface area contributed by atoms with Crippen molar-refractivity contribution in [2.24, 2.45) is 0 Å². The Morgan fingerprint density at radius 2 is 2.06 bits per heavy atom. The molecule has 0 unspecified atom stereocenters. The number of hydrogen-bond donors (Lipinski definition) is 1. The van der Waals surface area contributed by atoms with Crippen molar-refractivity contribution in [3.8, 4) is 17.6 Å². The fourth-order valence-electron chi connectivity index (χ4n) is 2.78. The van der Waals surface area contributed by atoms with Crippen LogP contribution in [0.25, 0.3) is 6.08 Å². The number of amides is 1. The Hall–Kier alpha value is -4.65. The number of carbonyl (C=O) groups excluding carboxylic acids is 1. The number of ether oxygens (including phenoxy) is 2. The number of nitro groups is 1. The monoisotopic (exact) mass is 434 g/mol. The van der Waals surface area contributed by atoms with Crippen LogP contribution in [0, 0.1) is 28.4 Å². The quantitative estimate of drug-likeness (QED) is 0.242. The Labute approximate surface area is 182 Å². The van der Waals surface area contributed by atoms with Gasteiger partial charge in [0.15, 0.2) is 17.3 Å². The van der Waals surface area contributed by atoms with E-state index in [1.165, 1.54) is 25.3 Å². The number of aromatic nitrogens is 1. The minimum absolute atomic E-state index is 0.0360. The lowest BCUT2D eigenvalue weighted by Crippen LogP contribution is -2.13. The molecule has 0 aliphatic carbocycles. The molecule has 2 aromatic carbocycles. The summed E-state index contributed by atoms with van der Waals surface area (Å²) in [5.41, 5.74) is 0.734.